The molecule has 1 aliphatic rings. The van der Waals surface area contributed by atoms with Crippen LogP contribution in [0.15, 0.2) is 24.3 Å². The van der Waals surface area contributed by atoms with Crippen LogP contribution >= 0.6 is 0 Å². The molecular formula is C12H15NO3. The first kappa shape index (κ1) is 11.0. The minimum atomic E-state index is -0.318. The molecule has 4 nitrogen and oxygen atoms in total. The Morgan fingerprint density at radius 3 is 3.00 bits per heavy atom. The molecule has 0 aliphatic carbocycles. The molecule has 4 heteroatoms. The molecule has 1 aromatic carbocycles. The molecule has 1 saturated heterocycles. The molecule has 0 bridgehead atoms. The van der Waals surface area contributed by atoms with E-state index in [9.17, 15) is 4.79 Å². The van der Waals surface area contributed by atoms with Crippen LogP contribution in [0.3, 0.4) is 0 Å². The first-order valence-corrected chi connectivity index (χ1v) is 5.33. The largest absolute Gasteiger partial charge is 0.465 e. The third kappa shape index (κ3) is 2.33. The van der Waals surface area contributed by atoms with Gasteiger partial charge in [0.1, 0.15) is 0 Å². The van der Waals surface area contributed by atoms with E-state index in [0.717, 1.165) is 18.7 Å². The molecule has 0 amide bonds. The van der Waals surface area contributed by atoms with E-state index >= 15 is 0 Å². The second-order valence-corrected chi connectivity index (χ2v) is 3.74. The Balaban J connectivity index is 2.15. The van der Waals surface area contributed by atoms with E-state index in [-0.39, 0.29) is 12.0 Å². The number of benzene rings is 1. The van der Waals surface area contributed by atoms with E-state index in [1.54, 1.807) is 6.07 Å². The van der Waals surface area contributed by atoms with Gasteiger partial charge in [-0.3, -0.25) is 0 Å². The van der Waals surface area contributed by atoms with Crippen molar-refractivity contribution in [2.24, 2.45) is 0 Å². The second kappa shape index (κ2) is 4.99. The maximum atomic E-state index is 11.5. The summed E-state index contributed by atoms with van der Waals surface area (Å²) >= 11 is 0. The van der Waals surface area contributed by atoms with Gasteiger partial charge in [0, 0.05) is 12.3 Å². The monoisotopic (exact) mass is 221 g/mol. The first-order valence-electron chi connectivity index (χ1n) is 5.33. The van der Waals surface area contributed by atoms with Crippen molar-refractivity contribution >= 4 is 11.7 Å². The lowest BCUT2D eigenvalue weighted by molar-refractivity contribution is 0.0601. The Labute approximate surface area is 94.6 Å². The minimum absolute atomic E-state index is 0.283. The standard InChI is InChI=1S/C12H15NO3/c1-15-12(14)10-4-2-3-5-11(10)13-9-6-7-16-8-9/h2-5,9,13H,6-8H2,1H3. The molecule has 16 heavy (non-hydrogen) atoms. The van der Waals surface area contributed by atoms with E-state index in [0.29, 0.717) is 12.2 Å². The quantitative estimate of drug-likeness (QED) is 0.789. The van der Waals surface area contributed by atoms with Crippen molar-refractivity contribution in [3.05, 3.63) is 29.8 Å². The fourth-order valence-electron chi connectivity index (χ4n) is 1.77. The van der Waals surface area contributed by atoms with Gasteiger partial charge in [0.05, 0.1) is 25.3 Å². The molecule has 1 heterocycles. The van der Waals surface area contributed by atoms with Crippen LogP contribution in [0.25, 0.3) is 0 Å². The molecule has 2 rings (SSSR count). The highest BCUT2D eigenvalue weighted by Crippen LogP contribution is 2.19. The third-order valence-electron chi connectivity index (χ3n) is 2.62. The van der Waals surface area contributed by atoms with Gasteiger partial charge < -0.3 is 14.8 Å². The molecular weight excluding hydrogens is 206 g/mol. The van der Waals surface area contributed by atoms with Gasteiger partial charge in [-0.25, -0.2) is 4.79 Å². The van der Waals surface area contributed by atoms with E-state index in [1.165, 1.54) is 7.11 Å². The summed E-state index contributed by atoms with van der Waals surface area (Å²) in [6, 6.07) is 7.63. The summed E-state index contributed by atoms with van der Waals surface area (Å²) in [5.41, 5.74) is 1.38. The zero-order valence-electron chi connectivity index (χ0n) is 9.23. The van der Waals surface area contributed by atoms with Gasteiger partial charge in [-0.05, 0) is 18.6 Å². The lowest BCUT2D eigenvalue weighted by atomic mass is 10.1. The summed E-state index contributed by atoms with van der Waals surface area (Å²) in [5, 5.41) is 3.30. The minimum Gasteiger partial charge on any atom is -0.465 e. The number of esters is 1. The highest BCUT2D eigenvalue weighted by molar-refractivity contribution is 5.95. The van der Waals surface area contributed by atoms with Crippen LogP contribution in [0.5, 0.6) is 0 Å². The fraction of sp³-hybridized carbons (Fsp3) is 0.417. The first-order chi connectivity index (χ1) is 7.81. The highest BCUT2D eigenvalue weighted by Gasteiger charge is 2.18. The van der Waals surface area contributed by atoms with Gasteiger partial charge in [0.2, 0.25) is 0 Å². The number of anilines is 1. The van der Waals surface area contributed by atoms with Gasteiger partial charge in [-0.15, -0.1) is 0 Å². The maximum absolute atomic E-state index is 11.5. The highest BCUT2D eigenvalue weighted by atomic mass is 16.5. The lowest BCUT2D eigenvalue weighted by Gasteiger charge is -2.14. The number of carbonyl (C=O) groups excluding carboxylic acids is 1. The molecule has 1 atom stereocenters. The van der Waals surface area contributed by atoms with Gasteiger partial charge in [-0.1, -0.05) is 12.1 Å². The Bertz CT molecular complexity index is 372. The summed E-state index contributed by atoms with van der Waals surface area (Å²) in [5.74, 6) is -0.318. The molecule has 1 aliphatic heterocycles. The Morgan fingerprint density at radius 2 is 2.31 bits per heavy atom. The Morgan fingerprint density at radius 1 is 1.50 bits per heavy atom. The van der Waals surface area contributed by atoms with E-state index in [2.05, 4.69) is 5.32 Å². The number of hydrogen-bond acceptors (Lipinski definition) is 4. The van der Waals surface area contributed by atoms with Crippen molar-refractivity contribution in [2.45, 2.75) is 12.5 Å². The maximum Gasteiger partial charge on any atom is 0.339 e. The van der Waals surface area contributed by atoms with Crippen molar-refractivity contribution in [3.8, 4) is 0 Å². The molecule has 0 radical (unpaired) electrons. The molecule has 0 spiro atoms. The van der Waals surface area contributed by atoms with Gasteiger partial charge >= 0.3 is 5.97 Å². The number of hydrogen-bond donors (Lipinski definition) is 1. The second-order valence-electron chi connectivity index (χ2n) is 3.74. The molecule has 0 aromatic heterocycles. The summed E-state index contributed by atoms with van der Waals surface area (Å²) in [4.78, 5) is 11.5. The average Bonchev–Trinajstić information content (AvgIpc) is 2.82. The number of rotatable bonds is 3. The summed E-state index contributed by atoms with van der Waals surface area (Å²) in [7, 11) is 1.39. The fourth-order valence-corrected chi connectivity index (χ4v) is 1.77. The van der Waals surface area contributed by atoms with Crippen molar-refractivity contribution in [1.29, 1.82) is 0 Å². The van der Waals surface area contributed by atoms with Crippen LogP contribution in [0, 0.1) is 0 Å². The van der Waals surface area contributed by atoms with Gasteiger partial charge in [0.15, 0.2) is 0 Å². The molecule has 1 fully saturated rings. The number of ether oxygens (including phenoxy) is 2. The van der Waals surface area contributed by atoms with Crippen LogP contribution in [-0.2, 0) is 9.47 Å². The Hall–Kier alpha value is -1.55. The molecule has 1 aromatic rings. The molecule has 1 N–H and O–H groups in total. The zero-order chi connectivity index (χ0) is 11.4. The molecule has 86 valence electrons. The predicted molar refractivity (Wildman–Crippen MR) is 60.6 cm³/mol. The van der Waals surface area contributed by atoms with Crippen molar-refractivity contribution in [2.75, 3.05) is 25.6 Å². The third-order valence-corrected chi connectivity index (χ3v) is 2.62. The van der Waals surface area contributed by atoms with Crippen molar-refractivity contribution in [3.63, 3.8) is 0 Å². The van der Waals surface area contributed by atoms with Crippen LogP contribution in [0.2, 0.25) is 0 Å². The van der Waals surface area contributed by atoms with Crippen molar-refractivity contribution in [1.82, 2.24) is 0 Å². The summed E-state index contributed by atoms with van der Waals surface area (Å²) in [6.45, 7) is 1.47. The van der Waals surface area contributed by atoms with Crippen molar-refractivity contribution < 1.29 is 14.3 Å². The molecule has 1 unspecified atom stereocenters. The van der Waals surface area contributed by atoms with E-state index in [1.807, 2.05) is 18.2 Å². The van der Waals surface area contributed by atoms with Crippen LogP contribution in [-0.4, -0.2) is 32.3 Å². The normalized spacial score (nSPS) is 19.4. The smallest absolute Gasteiger partial charge is 0.339 e. The predicted octanol–water partition coefficient (Wildman–Crippen LogP) is 1.67. The average molecular weight is 221 g/mol. The Kier molecular flexibility index (Phi) is 3.41. The lowest BCUT2D eigenvalue weighted by Crippen LogP contribution is -2.20. The SMILES string of the molecule is COC(=O)c1ccccc1NC1CCOC1. The topological polar surface area (TPSA) is 47.6 Å². The van der Waals surface area contributed by atoms with Crippen LogP contribution in [0.1, 0.15) is 16.8 Å². The van der Waals surface area contributed by atoms with E-state index in [4.69, 9.17) is 9.47 Å². The number of carbonyl (C=O) groups is 1. The van der Waals surface area contributed by atoms with E-state index < -0.39 is 0 Å². The number of para-hydroxylation sites is 1. The van der Waals surface area contributed by atoms with Gasteiger partial charge in [-0.2, -0.15) is 0 Å². The van der Waals surface area contributed by atoms with Crippen LogP contribution < -0.4 is 5.32 Å². The van der Waals surface area contributed by atoms with Crippen LogP contribution in [0.4, 0.5) is 5.69 Å². The molecule has 0 saturated carbocycles. The van der Waals surface area contributed by atoms with Gasteiger partial charge in [0.25, 0.3) is 0 Å². The number of nitrogens with one attached hydrogen (secondary N) is 1. The number of methoxy groups -OCH3 is 1. The zero-order valence-corrected chi connectivity index (χ0v) is 9.23. The summed E-state index contributed by atoms with van der Waals surface area (Å²) < 4.78 is 10.0. The summed E-state index contributed by atoms with van der Waals surface area (Å²) in [6.07, 6.45) is 0.968.